The number of hydrogen-bond acceptors (Lipinski definition) is 7. The van der Waals surface area contributed by atoms with E-state index in [0.717, 1.165) is 25.7 Å². The Bertz CT molecular complexity index is 890. The zero-order valence-corrected chi connectivity index (χ0v) is 16.3. The summed E-state index contributed by atoms with van der Waals surface area (Å²) in [6, 6.07) is 0.0685. The molecule has 0 bridgehead atoms. The minimum absolute atomic E-state index is 0.0250. The SMILES string of the molecule is COc1cncc(OC2CCC(NC(=O)Cn3cnc(C)c(C)c3=O)CC2)n1. The van der Waals surface area contributed by atoms with Crippen LogP contribution in [0, 0.1) is 13.8 Å². The van der Waals surface area contributed by atoms with Crippen LogP contribution in [0.2, 0.25) is 0 Å². The molecular formula is C19H25N5O4. The van der Waals surface area contributed by atoms with Gasteiger partial charge < -0.3 is 14.8 Å². The molecule has 3 rings (SSSR count). The molecule has 0 aliphatic heterocycles. The Kier molecular flexibility index (Phi) is 6.23. The predicted octanol–water partition coefficient (Wildman–Crippen LogP) is 1.17. The average molecular weight is 387 g/mol. The van der Waals surface area contributed by atoms with Crippen LogP contribution in [0.3, 0.4) is 0 Å². The Morgan fingerprint density at radius 3 is 2.64 bits per heavy atom. The molecule has 0 saturated heterocycles. The van der Waals surface area contributed by atoms with Gasteiger partial charge in [-0.15, -0.1) is 0 Å². The largest absolute Gasteiger partial charge is 0.480 e. The van der Waals surface area contributed by atoms with Crippen LogP contribution >= 0.6 is 0 Å². The molecule has 0 radical (unpaired) electrons. The Labute approximate surface area is 163 Å². The molecule has 1 aliphatic rings. The van der Waals surface area contributed by atoms with E-state index in [1.807, 2.05) is 0 Å². The predicted molar refractivity (Wildman–Crippen MR) is 101 cm³/mol. The monoisotopic (exact) mass is 387 g/mol. The number of amides is 1. The lowest BCUT2D eigenvalue weighted by Crippen LogP contribution is -2.42. The van der Waals surface area contributed by atoms with Gasteiger partial charge in [-0.2, -0.15) is 4.98 Å². The molecule has 9 nitrogen and oxygen atoms in total. The normalized spacial score (nSPS) is 19.1. The molecule has 0 aromatic carbocycles. The number of carbonyl (C=O) groups is 1. The van der Waals surface area contributed by atoms with Crippen molar-refractivity contribution >= 4 is 5.91 Å². The fourth-order valence-electron chi connectivity index (χ4n) is 3.20. The van der Waals surface area contributed by atoms with Crippen molar-refractivity contribution in [2.75, 3.05) is 7.11 Å². The molecule has 9 heteroatoms. The fraction of sp³-hybridized carbons (Fsp3) is 0.526. The van der Waals surface area contributed by atoms with Gasteiger partial charge in [-0.05, 0) is 39.5 Å². The van der Waals surface area contributed by atoms with Gasteiger partial charge in [-0.1, -0.05) is 0 Å². The fourth-order valence-corrected chi connectivity index (χ4v) is 3.20. The van der Waals surface area contributed by atoms with Crippen molar-refractivity contribution in [1.29, 1.82) is 0 Å². The quantitative estimate of drug-likeness (QED) is 0.792. The maximum atomic E-state index is 12.3. The molecule has 2 aromatic rings. The summed E-state index contributed by atoms with van der Waals surface area (Å²) in [5.41, 5.74) is 1.06. The van der Waals surface area contributed by atoms with Crippen LogP contribution in [0.1, 0.15) is 36.9 Å². The number of aromatic nitrogens is 4. The molecule has 2 aromatic heterocycles. The summed E-state index contributed by atoms with van der Waals surface area (Å²) in [5, 5.41) is 3.00. The number of carbonyl (C=O) groups excluding carboxylic acids is 1. The van der Waals surface area contributed by atoms with E-state index in [-0.39, 0.29) is 30.2 Å². The number of ether oxygens (including phenoxy) is 2. The smallest absolute Gasteiger partial charge is 0.256 e. The highest BCUT2D eigenvalue weighted by molar-refractivity contribution is 5.76. The number of nitrogens with zero attached hydrogens (tertiary/aromatic N) is 4. The minimum Gasteiger partial charge on any atom is -0.480 e. The van der Waals surface area contributed by atoms with Crippen LogP contribution < -0.4 is 20.3 Å². The van der Waals surface area contributed by atoms with Gasteiger partial charge in [0.2, 0.25) is 17.7 Å². The van der Waals surface area contributed by atoms with Crippen molar-refractivity contribution < 1.29 is 14.3 Å². The Balaban J connectivity index is 1.48. The second kappa shape index (κ2) is 8.81. The number of rotatable bonds is 6. The highest BCUT2D eigenvalue weighted by atomic mass is 16.5. The van der Waals surface area contributed by atoms with E-state index >= 15 is 0 Å². The summed E-state index contributed by atoms with van der Waals surface area (Å²) in [6.45, 7) is 3.47. The Morgan fingerprint density at radius 2 is 1.93 bits per heavy atom. The van der Waals surface area contributed by atoms with Crippen molar-refractivity contribution in [1.82, 2.24) is 24.8 Å². The number of hydrogen-bond donors (Lipinski definition) is 1. The Hall–Kier alpha value is -2.97. The standard InChI is InChI=1S/C19H25N5O4/c1-12-13(2)21-11-24(19(12)26)10-16(25)22-14-4-6-15(7-5-14)28-18-9-20-8-17(23-18)27-3/h8-9,11,14-15H,4-7,10H2,1-3H3,(H,22,25). The molecule has 0 spiro atoms. The molecule has 1 amide bonds. The molecule has 0 atom stereocenters. The lowest BCUT2D eigenvalue weighted by atomic mass is 9.93. The maximum absolute atomic E-state index is 12.3. The maximum Gasteiger partial charge on any atom is 0.256 e. The molecule has 0 unspecified atom stereocenters. The van der Waals surface area contributed by atoms with Crippen molar-refractivity contribution in [3.8, 4) is 11.8 Å². The molecule has 1 aliphatic carbocycles. The topological polar surface area (TPSA) is 108 Å². The van der Waals surface area contributed by atoms with Crippen molar-refractivity contribution in [2.24, 2.45) is 0 Å². The van der Waals surface area contributed by atoms with Crippen LogP contribution in [0.4, 0.5) is 0 Å². The van der Waals surface area contributed by atoms with Crippen molar-refractivity contribution in [3.05, 3.63) is 40.3 Å². The summed E-state index contributed by atoms with van der Waals surface area (Å²) in [7, 11) is 1.53. The number of nitrogens with one attached hydrogen (secondary N) is 1. The van der Waals surface area contributed by atoms with Gasteiger partial charge in [0.25, 0.3) is 5.56 Å². The lowest BCUT2D eigenvalue weighted by molar-refractivity contribution is -0.122. The number of methoxy groups -OCH3 is 1. The van der Waals surface area contributed by atoms with E-state index in [0.29, 0.717) is 23.0 Å². The van der Waals surface area contributed by atoms with Gasteiger partial charge in [0, 0.05) is 17.3 Å². The van der Waals surface area contributed by atoms with Crippen LogP contribution in [0.15, 0.2) is 23.5 Å². The van der Waals surface area contributed by atoms with Crippen LogP contribution in [0.5, 0.6) is 11.8 Å². The van der Waals surface area contributed by atoms with Gasteiger partial charge in [-0.3, -0.25) is 19.1 Å². The molecular weight excluding hydrogens is 362 g/mol. The van der Waals surface area contributed by atoms with E-state index in [1.165, 1.54) is 24.2 Å². The summed E-state index contributed by atoms with van der Waals surface area (Å²) in [5.74, 6) is 0.665. The van der Waals surface area contributed by atoms with Gasteiger partial charge in [-0.25, -0.2) is 4.98 Å². The summed E-state index contributed by atoms with van der Waals surface area (Å²) in [4.78, 5) is 36.9. The summed E-state index contributed by atoms with van der Waals surface area (Å²) < 4.78 is 12.3. The van der Waals surface area contributed by atoms with Crippen molar-refractivity contribution in [2.45, 2.75) is 58.2 Å². The number of aryl methyl sites for hydroxylation is 1. The molecule has 1 saturated carbocycles. The molecule has 150 valence electrons. The lowest BCUT2D eigenvalue weighted by Gasteiger charge is -2.29. The summed E-state index contributed by atoms with van der Waals surface area (Å²) >= 11 is 0. The molecule has 1 fully saturated rings. The third-order valence-electron chi connectivity index (χ3n) is 4.96. The highest BCUT2D eigenvalue weighted by Gasteiger charge is 2.24. The van der Waals surface area contributed by atoms with Crippen LogP contribution in [-0.4, -0.2) is 44.7 Å². The van der Waals surface area contributed by atoms with E-state index in [4.69, 9.17) is 9.47 Å². The second-order valence-electron chi connectivity index (χ2n) is 6.95. The highest BCUT2D eigenvalue weighted by Crippen LogP contribution is 2.23. The zero-order chi connectivity index (χ0) is 20.1. The van der Waals surface area contributed by atoms with E-state index in [1.54, 1.807) is 20.0 Å². The van der Waals surface area contributed by atoms with Gasteiger partial charge >= 0.3 is 0 Å². The summed E-state index contributed by atoms with van der Waals surface area (Å²) in [6.07, 6.45) is 7.73. The van der Waals surface area contributed by atoms with Gasteiger partial charge in [0.05, 0.1) is 25.8 Å². The first-order valence-corrected chi connectivity index (χ1v) is 9.31. The molecule has 28 heavy (non-hydrogen) atoms. The van der Waals surface area contributed by atoms with Crippen LogP contribution in [0.25, 0.3) is 0 Å². The first kappa shape index (κ1) is 19.8. The molecule has 1 N–H and O–H groups in total. The van der Waals surface area contributed by atoms with Crippen LogP contribution in [-0.2, 0) is 11.3 Å². The first-order chi connectivity index (χ1) is 13.5. The second-order valence-corrected chi connectivity index (χ2v) is 6.95. The van der Waals surface area contributed by atoms with E-state index in [2.05, 4.69) is 20.3 Å². The average Bonchev–Trinajstić information content (AvgIpc) is 2.70. The minimum atomic E-state index is -0.185. The van der Waals surface area contributed by atoms with E-state index < -0.39 is 0 Å². The van der Waals surface area contributed by atoms with Crippen molar-refractivity contribution in [3.63, 3.8) is 0 Å². The zero-order valence-electron chi connectivity index (χ0n) is 16.3. The molecule has 2 heterocycles. The Morgan fingerprint density at radius 1 is 1.21 bits per heavy atom. The first-order valence-electron chi connectivity index (χ1n) is 9.31. The third kappa shape index (κ3) is 4.85. The van der Waals surface area contributed by atoms with E-state index in [9.17, 15) is 9.59 Å². The third-order valence-corrected chi connectivity index (χ3v) is 4.96. The van der Waals surface area contributed by atoms with Gasteiger partial charge in [0.1, 0.15) is 12.6 Å². The van der Waals surface area contributed by atoms with Gasteiger partial charge in [0.15, 0.2) is 0 Å².